The lowest BCUT2D eigenvalue weighted by Gasteiger charge is -2.36. The molecule has 2 aromatic carbocycles. The molecule has 1 aliphatic carbocycles. The van der Waals surface area contributed by atoms with Gasteiger partial charge in [-0.15, -0.1) is 0 Å². The number of rotatable bonds is 13. The van der Waals surface area contributed by atoms with Crippen LogP contribution in [-0.2, 0) is 9.59 Å². The Balaban J connectivity index is 1.49. The second-order valence-corrected chi connectivity index (χ2v) is 12.8. The zero-order valence-corrected chi connectivity index (χ0v) is 28.1. The molecule has 2 amide bonds. The number of amides is 2. The van der Waals surface area contributed by atoms with Crippen LogP contribution in [0.2, 0.25) is 0 Å². The van der Waals surface area contributed by atoms with Gasteiger partial charge in [0.05, 0.1) is 40.9 Å². The highest BCUT2D eigenvalue weighted by atomic mass is 127. The fraction of sp³-hybridized carbons (Fsp3) is 0.361. The molecule has 1 saturated heterocycles. The minimum Gasteiger partial charge on any atom is -0.504 e. The number of benzene rings is 2. The largest absolute Gasteiger partial charge is 0.504 e. The number of aliphatic hydroxyl groups excluding tert-OH is 2. The number of ether oxygens (including phenoxy) is 2. The van der Waals surface area contributed by atoms with Crippen LogP contribution in [0.4, 0.5) is 0 Å². The lowest BCUT2D eigenvalue weighted by atomic mass is 9.68. The standard InChI is InChI=1S/C36H39IN2O7/c1-3-15-39-35(43)26-19-24(21-46-25-9-5-4-6-10-25)32(27(20-40)33(26)36(39)44)30(41)13-12-23(29-11-7-8-14-38-29)16-22-17-28(37)34(42)31(18-22)45-2/h4-11,14,16-18,26-27,30,33,40-42H,3,12-13,15,19-21H2,1-2H3/b23-16-/t26-,27+,30-,33-/m1/s1. The van der Waals surface area contributed by atoms with Crippen molar-refractivity contribution in [2.24, 2.45) is 17.8 Å². The summed E-state index contributed by atoms with van der Waals surface area (Å²) in [5.41, 5.74) is 3.68. The third-order valence-electron chi connectivity index (χ3n) is 8.73. The van der Waals surface area contributed by atoms with Crippen molar-refractivity contribution < 1.29 is 34.4 Å². The molecule has 0 bridgehead atoms. The van der Waals surface area contributed by atoms with Crippen LogP contribution in [0.5, 0.6) is 17.2 Å². The summed E-state index contributed by atoms with van der Waals surface area (Å²) in [6.45, 7) is 1.99. The van der Waals surface area contributed by atoms with E-state index in [9.17, 15) is 24.9 Å². The molecule has 2 aliphatic rings. The first-order chi connectivity index (χ1) is 22.3. The van der Waals surface area contributed by atoms with Crippen molar-refractivity contribution in [3.8, 4) is 17.2 Å². The number of hydrogen-bond acceptors (Lipinski definition) is 8. The number of aliphatic hydroxyl groups is 2. The van der Waals surface area contributed by atoms with Gasteiger partial charge in [-0.3, -0.25) is 19.5 Å². The smallest absolute Gasteiger partial charge is 0.233 e. The number of pyridine rings is 1. The molecule has 1 aliphatic heterocycles. The molecular weight excluding hydrogens is 699 g/mol. The molecule has 1 aromatic heterocycles. The summed E-state index contributed by atoms with van der Waals surface area (Å²) in [6.07, 6.45) is 4.24. The maximum absolute atomic E-state index is 13.5. The number of hydrogen-bond donors (Lipinski definition) is 3. The van der Waals surface area contributed by atoms with Gasteiger partial charge in [0.25, 0.3) is 0 Å². The lowest BCUT2D eigenvalue weighted by Crippen LogP contribution is -2.40. The van der Waals surface area contributed by atoms with Crippen molar-refractivity contribution in [2.45, 2.75) is 38.7 Å². The van der Waals surface area contributed by atoms with Gasteiger partial charge >= 0.3 is 0 Å². The van der Waals surface area contributed by atoms with Crippen molar-refractivity contribution in [3.05, 3.63) is 92.8 Å². The number of phenols is 1. The van der Waals surface area contributed by atoms with Crippen molar-refractivity contribution in [2.75, 3.05) is 26.9 Å². The van der Waals surface area contributed by atoms with E-state index in [1.807, 2.05) is 67.6 Å². The van der Waals surface area contributed by atoms with Crippen LogP contribution in [0.1, 0.15) is 43.9 Å². The number of allylic oxidation sites excluding steroid dienone is 1. The molecule has 3 aromatic rings. The molecule has 1 fully saturated rings. The second-order valence-electron chi connectivity index (χ2n) is 11.6. The summed E-state index contributed by atoms with van der Waals surface area (Å²) in [7, 11) is 1.50. The number of phenolic OH excluding ortho intramolecular Hbond substituents is 1. The zero-order chi connectivity index (χ0) is 32.8. The molecule has 2 heterocycles. The number of fused-ring (bicyclic) bond motifs is 1. The molecule has 4 atom stereocenters. The van der Waals surface area contributed by atoms with Gasteiger partial charge in [-0.2, -0.15) is 0 Å². The van der Waals surface area contributed by atoms with Crippen LogP contribution in [0, 0.1) is 21.3 Å². The number of nitrogens with zero attached hydrogens (tertiary/aromatic N) is 2. The Morgan fingerprint density at radius 2 is 1.89 bits per heavy atom. The van der Waals surface area contributed by atoms with Gasteiger partial charge in [0.15, 0.2) is 11.5 Å². The summed E-state index contributed by atoms with van der Waals surface area (Å²) in [6, 6.07) is 18.5. The second kappa shape index (κ2) is 15.2. The number of methoxy groups -OCH3 is 1. The first-order valence-electron chi connectivity index (χ1n) is 15.5. The van der Waals surface area contributed by atoms with Crippen LogP contribution < -0.4 is 9.47 Å². The SMILES string of the molecule is CCCN1C(=O)[C@@H]2[C@@H](CC(COc3ccccc3)=C([C@H](O)CC/C(=C/c3cc(I)c(O)c(OC)c3)c3ccccn3)[C@@H]2CO)C1=O. The van der Waals surface area contributed by atoms with E-state index in [4.69, 9.17) is 9.47 Å². The van der Waals surface area contributed by atoms with Crippen LogP contribution >= 0.6 is 22.6 Å². The van der Waals surface area contributed by atoms with Gasteiger partial charge < -0.3 is 24.8 Å². The Kier molecular flexibility index (Phi) is 11.1. The molecule has 46 heavy (non-hydrogen) atoms. The maximum Gasteiger partial charge on any atom is 0.233 e. The monoisotopic (exact) mass is 738 g/mol. The summed E-state index contributed by atoms with van der Waals surface area (Å²) in [4.78, 5) is 32.8. The van der Waals surface area contributed by atoms with Gasteiger partial charge in [0.1, 0.15) is 12.4 Å². The van der Waals surface area contributed by atoms with Crippen LogP contribution in [0.25, 0.3) is 11.6 Å². The van der Waals surface area contributed by atoms with Gasteiger partial charge in [-0.25, -0.2) is 0 Å². The highest BCUT2D eigenvalue weighted by Crippen LogP contribution is 2.46. The van der Waals surface area contributed by atoms with E-state index in [0.717, 1.165) is 22.4 Å². The number of carbonyl (C=O) groups excluding carboxylic acids is 2. The van der Waals surface area contributed by atoms with Crippen LogP contribution in [0.3, 0.4) is 0 Å². The van der Waals surface area contributed by atoms with E-state index in [1.54, 1.807) is 12.3 Å². The van der Waals surface area contributed by atoms with Crippen molar-refractivity contribution in [1.82, 2.24) is 9.88 Å². The van der Waals surface area contributed by atoms with Crippen molar-refractivity contribution in [3.63, 3.8) is 0 Å². The number of aromatic nitrogens is 1. The van der Waals surface area contributed by atoms with E-state index >= 15 is 0 Å². The Bertz CT molecular complexity index is 1610. The van der Waals surface area contributed by atoms with Gasteiger partial charge in [0.2, 0.25) is 11.8 Å². The summed E-state index contributed by atoms with van der Waals surface area (Å²) < 4.78 is 12.1. The summed E-state index contributed by atoms with van der Waals surface area (Å²) in [5, 5.41) is 32.9. The Morgan fingerprint density at radius 1 is 1.13 bits per heavy atom. The average Bonchev–Trinajstić information content (AvgIpc) is 3.31. The number of aromatic hydroxyl groups is 1. The summed E-state index contributed by atoms with van der Waals surface area (Å²) >= 11 is 2.05. The number of likely N-dealkylation sites (tertiary alicyclic amines) is 1. The lowest BCUT2D eigenvalue weighted by molar-refractivity contribution is -0.140. The Morgan fingerprint density at radius 3 is 2.57 bits per heavy atom. The van der Waals surface area contributed by atoms with E-state index in [2.05, 4.69) is 27.6 Å². The Labute approximate surface area is 282 Å². The molecule has 3 N–H and O–H groups in total. The van der Waals surface area contributed by atoms with Gasteiger partial charge in [-0.1, -0.05) is 31.2 Å². The predicted molar refractivity (Wildman–Crippen MR) is 183 cm³/mol. The Hall–Kier alpha value is -3.74. The number of carbonyl (C=O) groups is 2. The number of para-hydroxylation sites is 1. The van der Waals surface area contributed by atoms with Crippen molar-refractivity contribution >= 4 is 46.1 Å². The van der Waals surface area contributed by atoms with Gasteiger partial charge in [-0.05, 0) is 113 Å². The quantitative estimate of drug-likeness (QED) is 0.120. The molecule has 242 valence electrons. The average molecular weight is 739 g/mol. The third-order valence-corrected chi connectivity index (χ3v) is 9.55. The fourth-order valence-electron chi connectivity index (χ4n) is 6.60. The van der Waals surface area contributed by atoms with Crippen LogP contribution in [0.15, 0.2) is 78.0 Å². The van der Waals surface area contributed by atoms with Crippen LogP contribution in [-0.4, -0.2) is 70.0 Å². The molecule has 0 radical (unpaired) electrons. The highest BCUT2D eigenvalue weighted by Gasteiger charge is 2.54. The first kappa shape index (κ1) is 33.6. The van der Waals surface area contributed by atoms with Gasteiger partial charge in [0, 0.05) is 18.7 Å². The minimum atomic E-state index is -1.02. The first-order valence-corrected chi connectivity index (χ1v) is 16.6. The maximum atomic E-state index is 13.5. The third kappa shape index (κ3) is 7.13. The molecule has 0 saturated carbocycles. The molecule has 9 nitrogen and oxygen atoms in total. The van der Waals surface area contributed by atoms with E-state index in [0.29, 0.717) is 40.0 Å². The molecule has 0 spiro atoms. The van der Waals surface area contributed by atoms with E-state index in [-0.39, 0.29) is 43.6 Å². The molecule has 5 rings (SSSR count). The predicted octanol–water partition coefficient (Wildman–Crippen LogP) is 5.48. The minimum absolute atomic E-state index is 0.0651. The summed E-state index contributed by atoms with van der Waals surface area (Å²) in [5.74, 6) is -1.49. The number of imide groups is 1. The highest BCUT2D eigenvalue weighted by molar-refractivity contribution is 14.1. The molecule has 0 unspecified atom stereocenters. The van der Waals surface area contributed by atoms with E-state index < -0.39 is 23.9 Å². The number of halogens is 1. The zero-order valence-electron chi connectivity index (χ0n) is 25.9. The van der Waals surface area contributed by atoms with E-state index in [1.165, 1.54) is 12.0 Å². The molecule has 10 heteroatoms. The molecular formula is C36H39IN2O7. The van der Waals surface area contributed by atoms with Crippen molar-refractivity contribution in [1.29, 1.82) is 0 Å². The normalized spacial score (nSPS) is 20.6. The topological polar surface area (TPSA) is 129 Å². The fourth-order valence-corrected chi connectivity index (χ4v) is 7.22.